The summed E-state index contributed by atoms with van der Waals surface area (Å²) in [7, 11) is 2.82. The van der Waals surface area contributed by atoms with Gasteiger partial charge in [-0.1, -0.05) is 115 Å². The molecule has 0 radical (unpaired) electrons. The van der Waals surface area contributed by atoms with Gasteiger partial charge < -0.3 is 123 Å². The molecule has 13 aromatic rings. The van der Waals surface area contributed by atoms with Crippen molar-refractivity contribution in [3.8, 4) is 172 Å². The van der Waals surface area contributed by atoms with Crippen molar-refractivity contribution in [2.75, 3.05) is 14.2 Å². The van der Waals surface area contributed by atoms with Gasteiger partial charge in [-0.25, -0.2) is 0 Å². The maximum absolute atomic E-state index is 12.8. The second-order valence-electron chi connectivity index (χ2n) is 34.4. The molecule has 5 saturated carbocycles. The third kappa shape index (κ3) is 20.1. The molecule has 30 heteroatoms. The molecule has 5 aliphatic rings. The van der Waals surface area contributed by atoms with Crippen LogP contribution in [0.25, 0.3) is 89.5 Å². The smallest absolute Gasteiger partial charge is 0.235 e. The highest BCUT2D eigenvalue weighted by atomic mass is 16.5. The second-order valence-corrected chi connectivity index (χ2v) is 34.4. The summed E-state index contributed by atoms with van der Waals surface area (Å²) in [6, 6.07) is 29.6. The molecule has 5 aromatic heterocycles. The molecule has 5 aliphatic carbocycles. The average molecular weight is 1800 g/mol. The molecule has 0 bridgehead atoms. The number of phenols is 13. The van der Waals surface area contributed by atoms with Crippen LogP contribution in [-0.2, 0) is 6.42 Å². The largest absolute Gasteiger partial charge is 0.504 e. The normalized spacial score (nSPS) is 16.2. The first-order chi connectivity index (χ1) is 62.8. The Balaban J connectivity index is 0.000000132. The van der Waals surface area contributed by atoms with Crippen LogP contribution >= 0.6 is 0 Å². The SMILES string of the molecule is COc1cc(-c2oc3cc(CC4CCC(C)CC4)ccc3c(=O)c2O)cc(OC)c1O.O=c1c(C2CCCCC2)coc(-c2cc(O)c(O)c(O)c2)c1O.O=c1c(O)c(-c2cc(O)c(O)c(O)c2)oc2cc(C3CCCCC3)ccc12.O=c1c(O)c(-c2cc(O)c(O)c(O)c2)oc2ccc(C3CCCCC3)cc12.O=c1cc(C2CCCCC2)oc(-c2cc(O)c(O)c(O)c2)c1O. The van der Waals surface area contributed by atoms with E-state index in [-0.39, 0.29) is 85.5 Å². The van der Waals surface area contributed by atoms with Crippen molar-refractivity contribution in [2.45, 2.75) is 191 Å². The molecule has 18 N–H and O–H groups in total. The lowest BCUT2D eigenvalue weighted by atomic mass is 9.80. The van der Waals surface area contributed by atoms with E-state index in [9.17, 15) is 116 Å². The van der Waals surface area contributed by atoms with Crippen molar-refractivity contribution < 1.29 is 123 Å². The van der Waals surface area contributed by atoms with Gasteiger partial charge in [-0.3, -0.25) is 24.0 Å². The number of ether oxygens (including phenoxy) is 2. The van der Waals surface area contributed by atoms with Crippen LogP contribution < -0.4 is 36.6 Å². The summed E-state index contributed by atoms with van der Waals surface area (Å²) in [5.41, 5.74) is 2.83. The zero-order valence-electron chi connectivity index (χ0n) is 72.2. The molecular formula is C101H104O30. The molecule has 0 amide bonds. The lowest BCUT2D eigenvalue weighted by molar-refractivity contribution is 0.289. The van der Waals surface area contributed by atoms with Crippen LogP contribution in [0.3, 0.4) is 0 Å². The van der Waals surface area contributed by atoms with Crippen molar-refractivity contribution in [2.24, 2.45) is 11.8 Å². The minimum Gasteiger partial charge on any atom is -0.504 e. The maximum atomic E-state index is 12.8. The number of fused-ring (bicyclic) bond motifs is 3. The fraction of sp³-hybridized carbons (Fsp3) is 0.337. The van der Waals surface area contributed by atoms with Crippen LogP contribution in [0.1, 0.15) is 213 Å². The lowest BCUT2D eigenvalue weighted by Crippen LogP contribution is -2.15. The highest BCUT2D eigenvalue weighted by molar-refractivity contribution is 5.87. The van der Waals surface area contributed by atoms with Crippen molar-refractivity contribution in [1.82, 2.24) is 0 Å². The van der Waals surface area contributed by atoms with Crippen molar-refractivity contribution in [3.63, 3.8) is 0 Å². The molecule has 5 fully saturated rings. The van der Waals surface area contributed by atoms with Gasteiger partial charge in [0.1, 0.15) is 22.5 Å². The fourth-order valence-electron chi connectivity index (χ4n) is 18.2. The number of benzene rings is 8. The lowest BCUT2D eigenvalue weighted by Gasteiger charge is -2.26. The minimum atomic E-state index is -0.682. The van der Waals surface area contributed by atoms with Crippen LogP contribution in [0.4, 0.5) is 0 Å². The molecular weight excluding hydrogens is 1690 g/mol. The number of aromatic hydroxyl groups is 18. The Hall–Kier alpha value is -14.7. The van der Waals surface area contributed by atoms with E-state index in [4.69, 9.17) is 31.6 Å². The van der Waals surface area contributed by atoms with E-state index in [1.54, 1.807) is 24.3 Å². The third-order valence-electron chi connectivity index (χ3n) is 25.6. The first-order valence-corrected chi connectivity index (χ1v) is 43.8. The molecule has 8 aromatic carbocycles. The maximum Gasteiger partial charge on any atom is 0.235 e. The molecule has 0 atom stereocenters. The van der Waals surface area contributed by atoms with Crippen molar-refractivity contribution >= 4 is 32.9 Å². The summed E-state index contributed by atoms with van der Waals surface area (Å²) in [4.78, 5) is 62.5. The number of hydrogen-bond acceptors (Lipinski definition) is 30. The van der Waals surface area contributed by atoms with Crippen LogP contribution in [0.5, 0.6) is 115 Å². The zero-order chi connectivity index (χ0) is 93.5. The standard InChI is InChI=1S/C25H28O6.2C21H20O6.2C17H18O6/c1-14-4-6-15(7-5-14)10-16-8-9-18-19(11-16)31-25(24(28)22(18)26)17-12-20(29-2)23(27)21(13-17)30-3;22-15-8-13(9-16(23)19(15)25)21-20(26)18(24)14-7-6-12(10-17(14)27-21)11-4-2-1-3-5-11;22-15-9-13(10-16(23)19(15)25)21-20(26)18(24)14-8-12(6-7-17(14)27-21)11-4-2-1-3-5-11;18-12-6-10(7-13(19)15(12)21)17-16(22)14(20)11(8-23-17)9-4-2-1-3-5-9;18-11-6-10(7-12(19)15(11)21)17-16(22)13(20)8-14(23-17)9-4-2-1-3-5-9/h8-9,11-15,27-28H,4-7,10H2,1-3H3;2*6-11,22-23,25-26H,1-5H2;2*6-9,18-19,21-22H,1-5H2. The molecule has 18 rings (SSSR count). The van der Waals surface area contributed by atoms with Crippen molar-refractivity contribution in [1.29, 1.82) is 0 Å². The second kappa shape index (κ2) is 39.9. The number of rotatable bonds is 13. The van der Waals surface area contributed by atoms with E-state index in [0.717, 1.165) is 167 Å². The van der Waals surface area contributed by atoms with Gasteiger partial charge in [-0.2, -0.15) is 0 Å². The Morgan fingerprint density at radius 1 is 0.298 bits per heavy atom. The summed E-state index contributed by atoms with van der Waals surface area (Å²) in [5, 5.41) is 177. The Morgan fingerprint density at radius 2 is 0.649 bits per heavy atom. The molecule has 0 aliphatic heterocycles. The van der Waals surface area contributed by atoms with Gasteiger partial charge in [0.15, 0.2) is 109 Å². The molecule has 0 saturated heterocycles. The highest BCUT2D eigenvalue weighted by Crippen LogP contribution is 2.50. The predicted octanol–water partition coefficient (Wildman–Crippen LogP) is 20.3. The Morgan fingerprint density at radius 3 is 1.08 bits per heavy atom. The van der Waals surface area contributed by atoms with E-state index in [1.165, 1.54) is 103 Å². The van der Waals surface area contributed by atoms with Gasteiger partial charge in [-0.05, 0) is 214 Å². The topological polar surface area (TPSA) is 534 Å². The third-order valence-corrected chi connectivity index (χ3v) is 25.6. The first kappa shape index (κ1) is 92.5. The Kier molecular flexibility index (Phi) is 28.2. The van der Waals surface area contributed by atoms with Crippen LogP contribution in [0.2, 0.25) is 0 Å². The highest BCUT2D eigenvalue weighted by Gasteiger charge is 2.31. The number of phenolic OH excluding ortho intramolecular Hbond substituents is 13. The minimum absolute atomic E-state index is 0.0118. The fourth-order valence-corrected chi connectivity index (χ4v) is 18.2. The quantitative estimate of drug-likeness (QED) is 0.0477. The van der Waals surface area contributed by atoms with E-state index in [1.807, 2.05) is 30.3 Å². The molecule has 0 spiro atoms. The predicted molar refractivity (Wildman–Crippen MR) is 486 cm³/mol. The molecule has 131 heavy (non-hydrogen) atoms. The Labute approximate surface area is 748 Å². The van der Waals surface area contributed by atoms with Crippen LogP contribution in [0.15, 0.2) is 174 Å². The monoisotopic (exact) mass is 1800 g/mol. The van der Waals surface area contributed by atoms with E-state index < -0.39 is 125 Å². The molecule has 5 heterocycles. The number of hydrogen-bond donors (Lipinski definition) is 18. The van der Waals surface area contributed by atoms with Gasteiger partial charge in [0.2, 0.25) is 61.6 Å². The van der Waals surface area contributed by atoms with E-state index in [0.29, 0.717) is 62.2 Å². The Bertz CT molecular complexity index is 6620. The molecule has 30 nitrogen and oxygen atoms in total. The van der Waals surface area contributed by atoms with Crippen LogP contribution in [0, 0.1) is 11.8 Å². The molecule has 688 valence electrons. The summed E-state index contributed by atoms with van der Waals surface area (Å²) in [6.07, 6.45) is 29.0. The summed E-state index contributed by atoms with van der Waals surface area (Å²) in [5.74, 6) is -7.65. The van der Waals surface area contributed by atoms with Gasteiger partial charge in [0.05, 0.1) is 36.6 Å². The van der Waals surface area contributed by atoms with Gasteiger partial charge in [0, 0.05) is 45.4 Å². The summed E-state index contributed by atoms with van der Waals surface area (Å²) < 4.78 is 39.0. The van der Waals surface area contributed by atoms with Gasteiger partial charge >= 0.3 is 0 Å². The molecule has 0 unspecified atom stereocenters. The summed E-state index contributed by atoms with van der Waals surface area (Å²) >= 11 is 0. The van der Waals surface area contributed by atoms with Gasteiger partial charge in [-0.15, -0.1) is 0 Å². The van der Waals surface area contributed by atoms with E-state index >= 15 is 0 Å². The van der Waals surface area contributed by atoms with Crippen LogP contribution in [-0.4, -0.2) is 106 Å². The average Bonchev–Trinajstić information content (AvgIpc) is 0.788. The zero-order valence-corrected chi connectivity index (χ0v) is 72.2. The van der Waals surface area contributed by atoms with E-state index in [2.05, 4.69) is 6.92 Å². The van der Waals surface area contributed by atoms with Gasteiger partial charge in [0.25, 0.3) is 0 Å². The summed E-state index contributed by atoms with van der Waals surface area (Å²) in [6.45, 7) is 2.31. The number of methoxy groups -OCH3 is 2. The first-order valence-electron chi connectivity index (χ1n) is 43.8. The van der Waals surface area contributed by atoms with Crippen molar-refractivity contribution in [3.05, 3.63) is 207 Å².